The average Bonchev–Trinajstić information content (AvgIpc) is 2.73. The highest BCUT2D eigenvalue weighted by atomic mass is 35.5. The van der Waals surface area contributed by atoms with Crippen LogP contribution in [-0.2, 0) is 9.59 Å². The largest absolute Gasteiger partial charge is 0.312 e. The monoisotopic (exact) mass is 333 g/mol. The van der Waals surface area contributed by atoms with Crippen molar-refractivity contribution < 1.29 is 9.59 Å². The molecule has 0 bridgehead atoms. The van der Waals surface area contributed by atoms with Gasteiger partial charge in [-0.25, -0.2) is 0 Å². The molecule has 2 rings (SSSR count). The second-order valence-corrected chi connectivity index (χ2v) is 5.23. The molecule has 1 aromatic carbocycles. The molecule has 8 heteroatoms. The topological polar surface area (TPSA) is 61.8 Å². The number of rotatable bonds is 3. The Balaban J connectivity index is 2.20. The molecule has 1 aliphatic heterocycles. The van der Waals surface area contributed by atoms with Gasteiger partial charge >= 0.3 is 0 Å². The first-order valence-corrected chi connectivity index (χ1v) is 7.01. The van der Waals surface area contributed by atoms with Crippen molar-refractivity contribution in [3.63, 3.8) is 0 Å². The third-order valence-electron chi connectivity index (χ3n) is 2.52. The van der Waals surface area contributed by atoms with Crippen LogP contribution >= 0.6 is 34.8 Å². The number of hydrogen-bond donors (Lipinski definition) is 1. The molecule has 1 N–H and O–H groups in total. The molecule has 0 atom stereocenters. The summed E-state index contributed by atoms with van der Waals surface area (Å²) in [6, 6.07) is 4.72. The van der Waals surface area contributed by atoms with Crippen molar-refractivity contribution in [3.05, 3.63) is 28.2 Å². The van der Waals surface area contributed by atoms with Crippen molar-refractivity contribution in [1.82, 2.24) is 5.32 Å². The number of amides is 2. The molecule has 1 heterocycles. The van der Waals surface area contributed by atoms with Gasteiger partial charge in [-0.1, -0.05) is 23.2 Å². The molecule has 0 saturated carbocycles. The third-order valence-corrected chi connectivity index (χ3v) is 3.26. The maximum Gasteiger partial charge on any atom is 0.255 e. The lowest BCUT2D eigenvalue weighted by atomic mass is 10.3. The van der Waals surface area contributed by atoms with E-state index in [9.17, 15) is 9.59 Å². The van der Waals surface area contributed by atoms with Crippen LogP contribution in [0.3, 0.4) is 0 Å². The van der Waals surface area contributed by atoms with Crippen molar-refractivity contribution in [2.45, 2.75) is 12.8 Å². The number of alkyl halides is 1. The summed E-state index contributed by atoms with van der Waals surface area (Å²) in [6.45, 7) is 0. The molecule has 0 aromatic heterocycles. The summed E-state index contributed by atoms with van der Waals surface area (Å²) in [4.78, 5) is 23.3. The van der Waals surface area contributed by atoms with Crippen molar-refractivity contribution >= 4 is 58.1 Å². The highest BCUT2D eigenvalue weighted by molar-refractivity contribution is 6.36. The zero-order valence-corrected chi connectivity index (χ0v) is 12.5. The second-order valence-electron chi connectivity index (χ2n) is 4.01. The van der Waals surface area contributed by atoms with E-state index in [0.29, 0.717) is 15.7 Å². The number of halogens is 3. The summed E-state index contributed by atoms with van der Waals surface area (Å²) in [6.07, 6.45) is 0.156. The zero-order chi connectivity index (χ0) is 14.7. The fourth-order valence-corrected chi connectivity index (χ4v) is 2.18. The molecule has 0 fully saturated rings. The maximum atomic E-state index is 11.9. The fraction of sp³-hybridized carbons (Fsp3) is 0.250. The van der Waals surface area contributed by atoms with Crippen LogP contribution in [0.15, 0.2) is 23.3 Å². The van der Waals surface area contributed by atoms with Gasteiger partial charge in [0.25, 0.3) is 5.91 Å². The number of carbonyl (C=O) groups is 2. The second kappa shape index (κ2) is 6.43. The first-order valence-electron chi connectivity index (χ1n) is 5.72. The Morgan fingerprint density at radius 2 is 2.15 bits per heavy atom. The maximum absolute atomic E-state index is 11.9. The predicted molar refractivity (Wildman–Crippen MR) is 79.5 cm³/mol. The predicted octanol–water partition coefficient (Wildman–Crippen LogP) is 2.79. The molecule has 0 radical (unpaired) electrons. The van der Waals surface area contributed by atoms with E-state index in [1.807, 2.05) is 0 Å². The number of nitrogens with zero attached hydrogens (tertiary/aromatic N) is 2. The Hall–Kier alpha value is -1.30. The molecule has 0 unspecified atom stereocenters. The molecule has 0 spiro atoms. The molecule has 20 heavy (non-hydrogen) atoms. The van der Waals surface area contributed by atoms with Crippen molar-refractivity contribution in [2.75, 3.05) is 10.9 Å². The van der Waals surface area contributed by atoms with Gasteiger partial charge in [0, 0.05) is 17.3 Å². The van der Waals surface area contributed by atoms with E-state index in [2.05, 4.69) is 10.4 Å². The van der Waals surface area contributed by atoms with Crippen LogP contribution < -0.4 is 10.3 Å². The van der Waals surface area contributed by atoms with Gasteiger partial charge < -0.3 is 5.32 Å². The van der Waals surface area contributed by atoms with Crippen LogP contribution in [0.4, 0.5) is 5.69 Å². The highest BCUT2D eigenvalue weighted by Crippen LogP contribution is 2.31. The van der Waals surface area contributed by atoms with Crippen LogP contribution in [0, 0.1) is 0 Å². The van der Waals surface area contributed by atoms with Crippen LogP contribution in [0.25, 0.3) is 0 Å². The molecule has 0 saturated heterocycles. The lowest BCUT2D eigenvalue weighted by Crippen LogP contribution is -2.29. The van der Waals surface area contributed by atoms with Crippen molar-refractivity contribution in [2.24, 2.45) is 5.10 Å². The standard InChI is InChI=1S/C12H10Cl3N3O2/c13-4-3-11(19)16-10-6-12(20)18(17-10)9-5-7(14)1-2-8(9)15/h1-2,5H,3-4,6H2,(H,16,17,19). The Morgan fingerprint density at radius 1 is 1.40 bits per heavy atom. The molecule has 0 aliphatic carbocycles. The van der Waals surface area contributed by atoms with Gasteiger partial charge in [-0.2, -0.15) is 10.1 Å². The molecule has 2 amide bonds. The minimum Gasteiger partial charge on any atom is -0.312 e. The summed E-state index contributed by atoms with van der Waals surface area (Å²) in [5, 5.41) is 8.49. The van der Waals surface area contributed by atoms with E-state index in [1.165, 1.54) is 6.07 Å². The first-order chi connectivity index (χ1) is 9.51. The summed E-state index contributed by atoms with van der Waals surface area (Å²) < 4.78 is 0. The van der Waals surface area contributed by atoms with E-state index in [4.69, 9.17) is 34.8 Å². The molecule has 5 nitrogen and oxygen atoms in total. The SMILES string of the molecule is O=C(CCCl)NC1=NN(c2cc(Cl)ccc2Cl)C(=O)C1. The van der Waals surface area contributed by atoms with Gasteiger partial charge in [-0.15, -0.1) is 11.6 Å². The van der Waals surface area contributed by atoms with Gasteiger partial charge in [0.15, 0.2) is 0 Å². The van der Waals surface area contributed by atoms with E-state index in [1.54, 1.807) is 12.1 Å². The summed E-state index contributed by atoms with van der Waals surface area (Å²) >= 11 is 17.4. The first kappa shape index (κ1) is 15.1. The van der Waals surface area contributed by atoms with Gasteiger partial charge in [0.05, 0.1) is 17.1 Å². The Labute approximate surface area is 130 Å². The molecule has 106 valence electrons. The number of hydrogen-bond acceptors (Lipinski definition) is 3. The van der Waals surface area contributed by atoms with Gasteiger partial charge in [0.2, 0.25) is 5.91 Å². The molecular weight excluding hydrogens is 325 g/mol. The van der Waals surface area contributed by atoms with Crippen LogP contribution in [0.2, 0.25) is 10.0 Å². The summed E-state index contributed by atoms with van der Waals surface area (Å²) in [5.41, 5.74) is 0.380. The zero-order valence-electron chi connectivity index (χ0n) is 10.2. The third kappa shape index (κ3) is 3.42. The molecule has 1 aliphatic rings. The molecular formula is C12H10Cl3N3O2. The quantitative estimate of drug-likeness (QED) is 0.864. The minimum atomic E-state index is -0.296. The van der Waals surface area contributed by atoms with Crippen molar-refractivity contribution in [3.8, 4) is 0 Å². The molecule has 1 aromatic rings. The fourth-order valence-electron chi connectivity index (χ4n) is 1.64. The summed E-state index contributed by atoms with van der Waals surface area (Å²) in [5.74, 6) is -0.112. The average molecular weight is 335 g/mol. The van der Waals surface area contributed by atoms with E-state index >= 15 is 0 Å². The lowest BCUT2D eigenvalue weighted by Gasteiger charge is -2.13. The van der Waals surface area contributed by atoms with E-state index in [-0.39, 0.29) is 36.4 Å². The smallest absolute Gasteiger partial charge is 0.255 e. The number of anilines is 1. The number of hydrazone groups is 1. The van der Waals surface area contributed by atoms with E-state index < -0.39 is 0 Å². The number of carbonyl (C=O) groups excluding carboxylic acids is 2. The Bertz CT molecular complexity index is 589. The Kier molecular flexibility index (Phi) is 4.86. The Morgan fingerprint density at radius 3 is 2.85 bits per heavy atom. The van der Waals surface area contributed by atoms with Crippen molar-refractivity contribution in [1.29, 1.82) is 0 Å². The van der Waals surface area contributed by atoms with Crippen LogP contribution in [0.5, 0.6) is 0 Å². The number of benzene rings is 1. The number of nitrogens with one attached hydrogen (secondary N) is 1. The van der Waals surface area contributed by atoms with Crippen LogP contribution in [0.1, 0.15) is 12.8 Å². The number of amidine groups is 1. The van der Waals surface area contributed by atoms with Gasteiger partial charge in [0.1, 0.15) is 5.84 Å². The van der Waals surface area contributed by atoms with Gasteiger partial charge in [-0.05, 0) is 18.2 Å². The normalized spacial score (nSPS) is 14.4. The van der Waals surface area contributed by atoms with Gasteiger partial charge in [-0.3, -0.25) is 9.59 Å². The van der Waals surface area contributed by atoms with E-state index in [0.717, 1.165) is 5.01 Å². The highest BCUT2D eigenvalue weighted by Gasteiger charge is 2.27. The summed E-state index contributed by atoms with van der Waals surface area (Å²) in [7, 11) is 0. The van der Waals surface area contributed by atoms with Crippen LogP contribution in [-0.4, -0.2) is 23.5 Å². The lowest BCUT2D eigenvalue weighted by molar-refractivity contribution is -0.119. The minimum absolute atomic E-state index is 0.00311.